The average Bonchev–Trinajstić information content (AvgIpc) is 3.27. The maximum absolute atomic E-state index is 12.7. The first kappa shape index (κ1) is 21.5. The maximum Gasteiger partial charge on any atom is 0.339 e. The monoisotopic (exact) mass is 455 g/mol. The number of pyridine rings is 1. The number of piperazine rings is 1. The minimum Gasteiger partial charge on any atom is -0.465 e. The lowest BCUT2D eigenvalue weighted by Crippen LogP contribution is -2.48. The molecule has 8 heteroatoms. The Morgan fingerprint density at radius 2 is 1.90 bits per heavy atom. The standard InChI is InChI=1S/C23H22ClN3O3S/c1-30-23(29)17-5-7-20(25-14-17)22(28)27-11-9-26(10-12-27)15-19-6-8-21(31-19)16-3-2-4-18(24)13-16/h2-8,13-14H,9-12,15H2,1H3. The summed E-state index contributed by atoms with van der Waals surface area (Å²) in [5.41, 5.74) is 1.80. The number of amides is 1. The van der Waals surface area contributed by atoms with Gasteiger partial charge < -0.3 is 9.64 Å². The second-order valence-corrected chi connectivity index (χ2v) is 8.87. The Balaban J connectivity index is 1.32. The summed E-state index contributed by atoms with van der Waals surface area (Å²) in [6.07, 6.45) is 1.38. The predicted molar refractivity (Wildman–Crippen MR) is 122 cm³/mol. The van der Waals surface area contributed by atoms with E-state index in [1.165, 1.54) is 23.1 Å². The van der Waals surface area contributed by atoms with E-state index in [1.807, 2.05) is 23.1 Å². The highest BCUT2D eigenvalue weighted by atomic mass is 35.5. The number of nitrogens with zero attached hydrogens (tertiary/aromatic N) is 3. The summed E-state index contributed by atoms with van der Waals surface area (Å²) in [5, 5.41) is 0.739. The molecule has 6 nitrogen and oxygen atoms in total. The van der Waals surface area contributed by atoms with E-state index < -0.39 is 5.97 Å². The lowest BCUT2D eigenvalue weighted by atomic mass is 10.2. The van der Waals surface area contributed by atoms with Crippen molar-refractivity contribution in [3.8, 4) is 10.4 Å². The highest BCUT2D eigenvalue weighted by Gasteiger charge is 2.23. The molecule has 1 amide bonds. The molecule has 0 atom stereocenters. The van der Waals surface area contributed by atoms with Crippen molar-refractivity contribution in [3.05, 3.63) is 75.9 Å². The predicted octanol–water partition coefficient (Wildman–Crippen LogP) is 4.21. The van der Waals surface area contributed by atoms with Crippen molar-refractivity contribution in [2.45, 2.75) is 6.54 Å². The fourth-order valence-electron chi connectivity index (χ4n) is 3.51. The van der Waals surface area contributed by atoms with E-state index in [0.29, 0.717) is 24.3 Å². The Morgan fingerprint density at radius 1 is 1.10 bits per heavy atom. The third-order valence-corrected chi connectivity index (χ3v) is 6.57. The van der Waals surface area contributed by atoms with Crippen molar-refractivity contribution < 1.29 is 14.3 Å². The van der Waals surface area contributed by atoms with Crippen LogP contribution in [-0.2, 0) is 11.3 Å². The van der Waals surface area contributed by atoms with Crippen molar-refractivity contribution in [3.63, 3.8) is 0 Å². The number of thiophene rings is 1. The molecule has 4 rings (SSSR count). The number of methoxy groups -OCH3 is 1. The number of benzene rings is 1. The van der Waals surface area contributed by atoms with Crippen LogP contribution in [0.25, 0.3) is 10.4 Å². The SMILES string of the molecule is COC(=O)c1ccc(C(=O)N2CCN(Cc3ccc(-c4cccc(Cl)c4)s3)CC2)nc1. The third kappa shape index (κ3) is 5.12. The number of esters is 1. The van der Waals surface area contributed by atoms with E-state index in [4.69, 9.17) is 11.6 Å². The van der Waals surface area contributed by atoms with Gasteiger partial charge in [0.05, 0.1) is 12.7 Å². The molecule has 1 fully saturated rings. The number of aromatic nitrogens is 1. The molecule has 31 heavy (non-hydrogen) atoms. The van der Waals surface area contributed by atoms with Gasteiger partial charge in [-0.3, -0.25) is 14.7 Å². The van der Waals surface area contributed by atoms with Gasteiger partial charge in [0.25, 0.3) is 5.91 Å². The van der Waals surface area contributed by atoms with Gasteiger partial charge in [0.15, 0.2) is 0 Å². The molecular formula is C23H22ClN3O3S. The number of hydrogen-bond acceptors (Lipinski definition) is 6. The first-order valence-electron chi connectivity index (χ1n) is 9.94. The highest BCUT2D eigenvalue weighted by molar-refractivity contribution is 7.15. The van der Waals surface area contributed by atoms with Crippen molar-refractivity contribution in [1.29, 1.82) is 0 Å². The first-order valence-corrected chi connectivity index (χ1v) is 11.1. The van der Waals surface area contributed by atoms with Gasteiger partial charge in [-0.05, 0) is 42.0 Å². The van der Waals surface area contributed by atoms with E-state index in [9.17, 15) is 9.59 Å². The van der Waals surface area contributed by atoms with Gasteiger partial charge in [-0.15, -0.1) is 11.3 Å². The maximum atomic E-state index is 12.7. The van der Waals surface area contributed by atoms with Crippen LogP contribution in [0.15, 0.2) is 54.7 Å². The molecule has 2 aromatic heterocycles. The molecule has 1 aliphatic heterocycles. The Labute approximate surface area is 190 Å². The molecule has 0 saturated carbocycles. The van der Waals surface area contributed by atoms with Crippen LogP contribution >= 0.6 is 22.9 Å². The highest BCUT2D eigenvalue weighted by Crippen LogP contribution is 2.30. The summed E-state index contributed by atoms with van der Waals surface area (Å²) in [4.78, 5) is 35.0. The van der Waals surface area contributed by atoms with Gasteiger partial charge in [0.2, 0.25) is 0 Å². The zero-order valence-electron chi connectivity index (χ0n) is 17.1. The third-order valence-electron chi connectivity index (χ3n) is 5.21. The minimum absolute atomic E-state index is 0.115. The molecule has 0 spiro atoms. The van der Waals surface area contributed by atoms with E-state index in [1.54, 1.807) is 23.5 Å². The quantitative estimate of drug-likeness (QED) is 0.539. The van der Waals surface area contributed by atoms with E-state index >= 15 is 0 Å². The lowest BCUT2D eigenvalue weighted by molar-refractivity contribution is 0.0593. The van der Waals surface area contributed by atoms with Crippen molar-refractivity contribution in [2.75, 3.05) is 33.3 Å². The number of hydrogen-bond donors (Lipinski definition) is 0. The fourth-order valence-corrected chi connectivity index (χ4v) is 4.75. The first-order chi connectivity index (χ1) is 15.0. The van der Waals surface area contributed by atoms with Gasteiger partial charge >= 0.3 is 5.97 Å². The fraction of sp³-hybridized carbons (Fsp3) is 0.261. The molecule has 0 unspecified atom stereocenters. The molecule has 1 saturated heterocycles. The van der Waals surface area contributed by atoms with Crippen LogP contribution in [0.4, 0.5) is 0 Å². The summed E-state index contributed by atoms with van der Waals surface area (Å²) in [7, 11) is 1.31. The number of halogens is 1. The van der Waals surface area contributed by atoms with Crippen LogP contribution in [0.2, 0.25) is 5.02 Å². The largest absolute Gasteiger partial charge is 0.465 e. The topological polar surface area (TPSA) is 62.7 Å². The van der Waals surface area contributed by atoms with Gasteiger partial charge in [-0.25, -0.2) is 4.79 Å². The zero-order valence-corrected chi connectivity index (χ0v) is 18.7. The van der Waals surface area contributed by atoms with Gasteiger partial charge in [0, 0.05) is 53.7 Å². The number of ether oxygens (including phenoxy) is 1. The van der Waals surface area contributed by atoms with Gasteiger partial charge in [-0.1, -0.05) is 23.7 Å². The van der Waals surface area contributed by atoms with Crippen LogP contribution in [0, 0.1) is 0 Å². The Hall–Kier alpha value is -2.74. The zero-order chi connectivity index (χ0) is 21.8. The minimum atomic E-state index is -0.466. The van der Waals surface area contributed by atoms with Crippen LogP contribution in [-0.4, -0.2) is 59.9 Å². The van der Waals surface area contributed by atoms with E-state index in [2.05, 4.69) is 32.8 Å². The van der Waals surface area contributed by atoms with Gasteiger partial charge in [0.1, 0.15) is 5.69 Å². The number of carbonyl (C=O) groups excluding carboxylic acids is 2. The molecule has 0 radical (unpaired) electrons. The molecule has 160 valence electrons. The molecule has 0 N–H and O–H groups in total. The second-order valence-electron chi connectivity index (χ2n) is 7.27. The Bertz CT molecular complexity index is 1080. The van der Waals surface area contributed by atoms with Gasteiger partial charge in [-0.2, -0.15) is 0 Å². The summed E-state index contributed by atoms with van der Waals surface area (Å²) in [6.45, 7) is 3.75. The van der Waals surface area contributed by atoms with E-state index in [0.717, 1.165) is 30.2 Å². The average molecular weight is 456 g/mol. The van der Waals surface area contributed by atoms with Crippen LogP contribution < -0.4 is 0 Å². The number of rotatable bonds is 5. The molecule has 3 heterocycles. The van der Waals surface area contributed by atoms with Crippen molar-refractivity contribution >= 4 is 34.8 Å². The summed E-state index contributed by atoms with van der Waals surface area (Å²) in [5.74, 6) is -0.581. The smallest absolute Gasteiger partial charge is 0.339 e. The van der Waals surface area contributed by atoms with Crippen molar-refractivity contribution in [1.82, 2.24) is 14.8 Å². The number of carbonyl (C=O) groups is 2. The molecule has 1 aromatic carbocycles. The summed E-state index contributed by atoms with van der Waals surface area (Å²) < 4.78 is 4.66. The van der Waals surface area contributed by atoms with Crippen LogP contribution in [0.1, 0.15) is 25.7 Å². The van der Waals surface area contributed by atoms with Crippen LogP contribution in [0.5, 0.6) is 0 Å². The van der Waals surface area contributed by atoms with Crippen LogP contribution in [0.3, 0.4) is 0 Å². The molecule has 1 aliphatic rings. The Morgan fingerprint density at radius 3 is 2.58 bits per heavy atom. The Kier molecular flexibility index (Phi) is 6.65. The van der Waals surface area contributed by atoms with E-state index in [-0.39, 0.29) is 5.91 Å². The molecule has 0 bridgehead atoms. The molecule has 0 aliphatic carbocycles. The summed E-state index contributed by atoms with van der Waals surface area (Å²) >= 11 is 7.88. The molecular weight excluding hydrogens is 434 g/mol. The second kappa shape index (κ2) is 9.60. The lowest BCUT2D eigenvalue weighted by Gasteiger charge is -2.34. The molecule has 3 aromatic rings. The van der Waals surface area contributed by atoms with Crippen molar-refractivity contribution in [2.24, 2.45) is 0 Å². The summed E-state index contributed by atoms with van der Waals surface area (Å²) in [6, 6.07) is 15.3. The normalized spacial score (nSPS) is 14.5.